The van der Waals surface area contributed by atoms with Crippen LogP contribution in [0, 0.1) is 5.92 Å². The van der Waals surface area contributed by atoms with Crippen molar-refractivity contribution in [3.8, 4) is 11.5 Å². The van der Waals surface area contributed by atoms with Crippen LogP contribution in [0.1, 0.15) is 12.8 Å². The largest absolute Gasteiger partial charge is 0.493 e. The minimum absolute atomic E-state index is 0.640. The molecule has 1 aromatic rings. The average molecular weight is 266 g/mol. The molecular weight excluding hydrogens is 244 g/mol. The normalized spacial score (nSPS) is 16.1. The molecule has 0 aromatic heterocycles. The molecule has 0 unspecified atom stereocenters. The Bertz CT molecular complexity index is 417. The van der Waals surface area contributed by atoms with Gasteiger partial charge in [-0.15, -0.1) is 0 Å². The van der Waals surface area contributed by atoms with Gasteiger partial charge in [0.1, 0.15) is 0 Å². The third kappa shape index (κ3) is 3.44. The molecule has 1 aliphatic rings. The summed E-state index contributed by atoms with van der Waals surface area (Å²) in [6, 6.07) is 3.67. The van der Waals surface area contributed by atoms with Gasteiger partial charge in [0.05, 0.1) is 25.6 Å². The smallest absolute Gasteiger partial charge is 0.162 e. The number of nitrogens with two attached hydrogens (primary N) is 1. The maximum Gasteiger partial charge on any atom is 0.162 e. The van der Waals surface area contributed by atoms with Crippen molar-refractivity contribution in [3.63, 3.8) is 0 Å². The molecule has 1 aliphatic heterocycles. The fourth-order valence-corrected chi connectivity index (χ4v) is 2.25. The monoisotopic (exact) mass is 266 g/mol. The van der Waals surface area contributed by atoms with Crippen LogP contribution in [0.2, 0.25) is 0 Å². The van der Waals surface area contributed by atoms with Gasteiger partial charge >= 0.3 is 0 Å². The van der Waals surface area contributed by atoms with Crippen LogP contribution < -0.4 is 20.5 Å². The lowest BCUT2D eigenvalue weighted by molar-refractivity contribution is 0.0699. The van der Waals surface area contributed by atoms with Crippen molar-refractivity contribution in [2.45, 2.75) is 12.8 Å². The highest BCUT2D eigenvalue weighted by Crippen LogP contribution is 2.35. The number of hydrogen-bond acceptors (Lipinski definition) is 5. The van der Waals surface area contributed by atoms with Gasteiger partial charge in [-0.1, -0.05) is 0 Å². The third-order valence-corrected chi connectivity index (χ3v) is 3.48. The van der Waals surface area contributed by atoms with Gasteiger partial charge in [0, 0.05) is 31.9 Å². The van der Waals surface area contributed by atoms with E-state index in [0.29, 0.717) is 23.1 Å². The molecule has 1 aromatic carbocycles. The summed E-state index contributed by atoms with van der Waals surface area (Å²) in [6.45, 7) is 2.62. The number of ether oxygens (including phenoxy) is 3. The van der Waals surface area contributed by atoms with Crippen LogP contribution in [0.5, 0.6) is 11.5 Å². The van der Waals surface area contributed by atoms with Crippen molar-refractivity contribution in [3.05, 3.63) is 12.1 Å². The molecule has 5 nitrogen and oxygen atoms in total. The predicted molar refractivity (Wildman–Crippen MR) is 76.0 cm³/mol. The van der Waals surface area contributed by atoms with Gasteiger partial charge in [-0.3, -0.25) is 0 Å². The van der Waals surface area contributed by atoms with Crippen molar-refractivity contribution in [1.82, 2.24) is 0 Å². The van der Waals surface area contributed by atoms with Crippen molar-refractivity contribution >= 4 is 11.4 Å². The topological polar surface area (TPSA) is 65.7 Å². The van der Waals surface area contributed by atoms with Crippen LogP contribution >= 0.6 is 0 Å². The number of anilines is 2. The van der Waals surface area contributed by atoms with Gasteiger partial charge in [-0.25, -0.2) is 0 Å². The molecule has 1 heterocycles. The van der Waals surface area contributed by atoms with Crippen LogP contribution in [0.4, 0.5) is 11.4 Å². The summed E-state index contributed by atoms with van der Waals surface area (Å²) >= 11 is 0. The predicted octanol–water partition coefficient (Wildman–Crippen LogP) is 2.12. The Morgan fingerprint density at radius 1 is 1.21 bits per heavy atom. The summed E-state index contributed by atoms with van der Waals surface area (Å²) in [5.74, 6) is 1.98. The van der Waals surface area contributed by atoms with Gasteiger partial charge < -0.3 is 25.3 Å². The quantitative estimate of drug-likeness (QED) is 0.799. The zero-order chi connectivity index (χ0) is 13.7. The van der Waals surface area contributed by atoms with Gasteiger partial charge in [0.25, 0.3) is 0 Å². The molecule has 2 rings (SSSR count). The highest BCUT2D eigenvalue weighted by Gasteiger charge is 2.15. The van der Waals surface area contributed by atoms with E-state index in [4.69, 9.17) is 19.9 Å². The highest BCUT2D eigenvalue weighted by molar-refractivity contribution is 5.72. The Hall–Kier alpha value is -1.62. The Morgan fingerprint density at radius 3 is 2.47 bits per heavy atom. The number of hydrogen-bond donors (Lipinski definition) is 2. The Kier molecular flexibility index (Phi) is 4.74. The summed E-state index contributed by atoms with van der Waals surface area (Å²) in [4.78, 5) is 0. The van der Waals surface area contributed by atoms with E-state index in [0.717, 1.165) is 38.3 Å². The van der Waals surface area contributed by atoms with Crippen molar-refractivity contribution in [2.24, 2.45) is 5.92 Å². The van der Waals surface area contributed by atoms with E-state index in [2.05, 4.69) is 5.32 Å². The highest BCUT2D eigenvalue weighted by atomic mass is 16.5. The summed E-state index contributed by atoms with van der Waals surface area (Å²) in [5, 5.41) is 3.39. The second-order valence-corrected chi connectivity index (χ2v) is 4.73. The van der Waals surface area contributed by atoms with Gasteiger partial charge in [0.15, 0.2) is 11.5 Å². The average Bonchev–Trinajstić information content (AvgIpc) is 2.46. The molecule has 0 bridgehead atoms. The zero-order valence-electron chi connectivity index (χ0n) is 11.6. The van der Waals surface area contributed by atoms with Gasteiger partial charge in [-0.05, 0) is 18.8 Å². The number of rotatable bonds is 5. The van der Waals surface area contributed by atoms with Crippen molar-refractivity contribution < 1.29 is 14.2 Å². The Balaban J connectivity index is 2.02. The fraction of sp³-hybridized carbons (Fsp3) is 0.571. The van der Waals surface area contributed by atoms with E-state index in [1.54, 1.807) is 20.3 Å². The maximum atomic E-state index is 6.01. The zero-order valence-corrected chi connectivity index (χ0v) is 11.6. The van der Waals surface area contributed by atoms with E-state index in [-0.39, 0.29) is 0 Å². The lowest BCUT2D eigenvalue weighted by Gasteiger charge is -2.23. The molecule has 0 saturated carbocycles. The molecule has 3 N–H and O–H groups in total. The van der Waals surface area contributed by atoms with Crippen LogP contribution in [0.3, 0.4) is 0 Å². The van der Waals surface area contributed by atoms with E-state index in [1.807, 2.05) is 6.07 Å². The third-order valence-electron chi connectivity index (χ3n) is 3.48. The molecule has 106 valence electrons. The van der Waals surface area contributed by atoms with Crippen molar-refractivity contribution in [1.29, 1.82) is 0 Å². The number of methoxy groups -OCH3 is 2. The van der Waals surface area contributed by atoms with Crippen LogP contribution in [-0.4, -0.2) is 34.0 Å². The molecule has 0 spiro atoms. The summed E-state index contributed by atoms with van der Waals surface area (Å²) in [6.07, 6.45) is 2.19. The number of nitrogens with one attached hydrogen (secondary N) is 1. The first-order valence-corrected chi connectivity index (χ1v) is 6.57. The van der Waals surface area contributed by atoms with Crippen LogP contribution in [0.15, 0.2) is 12.1 Å². The molecule has 19 heavy (non-hydrogen) atoms. The lowest BCUT2D eigenvalue weighted by atomic mass is 10.0. The SMILES string of the molecule is COc1cc(N)c(NCC2CCOCC2)cc1OC. The first kappa shape index (κ1) is 13.8. The minimum atomic E-state index is 0.640. The molecule has 0 radical (unpaired) electrons. The summed E-state index contributed by atoms with van der Waals surface area (Å²) < 4.78 is 15.9. The summed E-state index contributed by atoms with van der Waals surface area (Å²) in [5.41, 5.74) is 7.58. The van der Waals surface area contributed by atoms with Crippen LogP contribution in [0.25, 0.3) is 0 Å². The maximum absolute atomic E-state index is 6.01. The minimum Gasteiger partial charge on any atom is -0.493 e. The molecule has 5 heteroatoms. The summed E-state index contributed by atoms with van der Waals surface area (Å²) in [7, 11) is 3.22. The second kappa shape index (κ2) is 6.52. The number of nitrogen functional groups attached to an aromatic ring is 1. The van der Waals surface area contributed by atoms with E-state index >= 15 is 0 Å². The fourth-order valence-electron chi connectivity index (χ4n) is 2.25. The first-order chi connectivity index (χ1) is 9.24. The molecule has 1 fully saturated rings. The second-order valence-electron chi connectivity index (χ2n) is 4.73. The first-order valence-electron chi connectivity index (χ1n) is 6.57. The Labute approximate surface area is 114 Å². The molecule has 1 saturated heterocycles. The van der Waals surface area contributed by atoms with Crippen molar-refractivity contribution in [2.75, 3.05) is 45.0 Å². The molecule has 0 atom stereocenters. The molecular formula is C14H22N2O3. The van der Waals surface area contributed by atoms with E-state index in [9.17, 15) is 0 Å². The van der Waals surface area contributed by atoms with Crippen LogP contribution in [-0.2, 0) is 4.74 Å². The molecule has 0 amide bonds. The lowest BCUT2D eigenvalue weighted by Crippen LogP contribution is -2.22. The standard InChI is InChI=1S/C14H22N2O3/c1-17-13-7-11(15)12(8-14(13)18-2)16-9-10-3-5-19-6-4-10/h7-8,10,16H,3-6,9,15H2,1-2H3. The van der Waals surface area contributed by atoms with E-state index in [1.165, 1.54) is 0 Å². The van der Waals surface area contributed by atoms with Gasteiger partial charge in [-0.2, -0.15) is 0 Å². The Morgan fingerprint density at radius 2 is 1.84 bits per heavy atom. The molecule has 0 aliphatic carbocycles. The van der Waals surface area contributed by atoms with Gasteiger partial charge in [0.2, 0.25) is 0 Å². The van der Waals surface area contributed by atoms with E-state index < -0.39 is 0 Å². The number of benzene rings is 1.